The molecule has 0 atom stereocenters. The van der Waals surface area contributed by atoms with Crippen molar-refractivity contribution in [2.75, 3.05) is 7.11 Å². The Bertz CT molecular complexity index is 537. The molecule has 7 heteroatoms. The van der Waals surface area contributed by atoms with E-state index in [2.05, 4.69) is 26.0 Å². The first-order chi connectivity index (χ1) is 7.13. The highest BCUT2D eigenvalue weighted by Crippen LogP contribution is 2.21. The van der Waals surface area contributed by atoms with Gasteiger partial charge in [-0.1, -0.05) is 0 Å². The summed E-state index contributed by atoms with van der Waals surface area (Å²) in [5.74, 6) is -1.04. The van der Waals surface area contributed by atoms with Crippen molar-refractivity contribution < 1.29 is 14.6 Å². The summed E-state index contributed by atoms with van der Waals surface area (Å²) in [4.78, 5) is 14.9. The molecule has 2 heterocycles. The Balaban J connectivity index is 2.76. The predicted molar refractivity (Wildman–Crippen MR) is 54.2 cm³/mol. The van der Waals surface area contributed by atoms with Gasteiger partial charge in [0.05, 0.1) is 24.0 Å². The van der Waals surface area contributed by atoms with E-state index >= 15 is 0 Å². The molecule has 0 spiro atoms. The Morgan fingerprint density at radius 3 is 3.00 bits per heavy atom. The lowest BCUT2D eigenvalue weighted by atomic mass is 10.3. The van der Waals surface area contributed by atoms with Gasteiger partial charge in [-0.2, -0.15) is 10.1 Å². The molecule has 0 aliphatic heterocycles. The number of aromatic carboxylic acids is 1. The minimum Gasteiger partial charge on any atom is -0.480 e. The van der Waals surface area contributed by atoms with Crippen LogP contribution in [0.1, 0.15) is 10.4 Å². The molecule has 1 N–H and O–H groups in total. The van der Waals surface area contributed by atoms with Crippen molar-refractivity contribution in [3.8, 4) is 5.88 Å². The Labute approximate surface area is 92.6 Å². The zero-order valence-corrected chi connectivity index (χ0v) is 9.22. The Hall–Kier alpha value is -1.63. The number of aromatic nitrogens is 3. The Morgan fingerprint density at radius 2 is 2.40 bits per heavy atom. The van der Waals surface area contributed by atoms with Gasteiger partial charge in [0.15, 0.2) is 5.65 Å². The molecule has 0 bridgehead atoms. The molecular weight excluding hydrogens is 266 g/mol. The summed E-state index contributed by atoms with van der Waals surface area (Å²) in [5, 5.41) is 12.8. The number of carboxylic acids is 1. The number of ether oxygens (including phenoxy) is 1. The van der Waals surface area contributed by atoms with E-state index in [-0.39, 0.29) is 11.4 Å². The van der Waals surface area contributed by atoms with Crippen molar-refractivity contribution >= 4 is 27.5 Å². The van der Waals surface area contributed by atoms with Crippen molar-refractivity contribution in [1.82, 2.24) is 14.6 Å². The third kappa shape index (κ3) is 1.54. The molecule has 6 nitrogen and oxygen atoms in total. The highest BCUT2D eigenvalue weighted by molar-refractivity contribution is 9.10. The van der Waals surface area contributed by atoms with Gasteiger partial charge >= 0.3 is 5.97 Å². The van der Waals surface area contributed by atoms with E-state index in [4.69, 9.17) is 9.84 Å². The normalized spacial score (nSPS) is 10.5. The van der Waals surface area contributed by atoms with Gasteiger partial charge in [0.25, 0.3) is 0 Å². The molecule has 0 unspecified atom stereocenters. The summed E-state index contributed by atoms with van der Waals surface area (Å²) >= 11 is 3.24. The van der Waals surface area contributed by atoms with Crippen LogP contribution in [0.4, 0.5) is 0 Å². The second-order valence-corrected chi connectivity index (χ2v) is 3.58. The van der Waals surface area contributed by atoms with Gasteiger partial charge in [-0.05, 0) is 15.9 Å². The van der Waals surface area contributed by atoms with Gasteiger partial charge in [0.2, 0.25) is 5.88 Å². The summed E-state index contributed by atoms with van der Waals surface area (Å²) < 4.78 is 6.93. The van der Waals surface area contributed by atoms with Gasteiger partial charge in [-0.25, -0.2) is 9.31 Å². The van der Waals surface area contributed by atoms with Crippen molar-refractivity contribution in [3.05, 3.63) is 22.4 Å². The maximum absolute atomic E-state index is 10.9. The zero-order valence-electron chi connectivity index (χ0n) is 7.64. The fourth-order valence-corrected chi connectivity index (χ4v) is 1.53. The van der Waals surface area contributed by atoms with Crippen LogP contribution in [0.3, 0.4) is 0 Å². The summed E-state index contributed by atoms with van der Waals surface area (Å²) in [6.45, 7) is 0. The van der Waals surface area contributed by atoms with Crippen LogP contribution in [0.5, 0.6) is 5.88 Å². The van der Waals surface area contributed by atoms with Crippen LogP contribution < -0.4 is 4.74 Å². The number of rotatable bonds is 2. The summed E-state index contributed by atoms with van der Waals surface area (Å²) in [6.07, 6.45) is 2.89. The third-order valence-corrected chi connectivity index (χ3v) is 2.40. The van der Waals surface area contributed by atoms with Crippen molar-refractivity contribution in [2.24, 2.45) is 0 Å². The quantitative estimate of drug-likeness (QED) is 0.888. The lowest BCUT2D eigenvalue weighted by Gasteiger charge is -2.03. The SMILES string of the molecule is COc1nc2c(Br)cnn2cc1C(=O)O. The third-order valence-electron chi connectivity index (χ3n) is 1.84. The molecule has 2 rings (SSSR count). The van der Waals surface area contributed by atoms with E-state index in [1.165, 1.54) is 24.0 Å². The number of hydrogen-bond donors (Lipinski definition) is 1. The van der Waals surface area contributed by atoms with E-state index in [0.29, 0.717) is 10.1 Å². The van der Waals surface area contributed by atoms with Crippen molar-refractivity contribution in [2.45, 2.75) is 0 Å². The number of carbonyl (C=O) groups is 1. The fraction of sp³-hybridized carbons (Fsp3) is 0.125. The van der Waals surface area contributed by atoms with Crippen LogP contribution in [0, 0.1) is 0 Å². The predicted octanol–water partition coefficient (Wildman–Crippen LogP) is 1.20. The molecule has 0 radical (unpaired) electrons. The average Bonchev–Trinajstić information content (AvgIpc) is 2.58. The van der Waals surface area contributed by atoms with E-state index < -0.39 is 5.97 Å². The maximum Gasteiger partial charge on any atom is 0.342 e. The molecule has 0 amide bonds. The maximum atomic E-state index is 10.9. The molecule has 0 saturated carbocycles. The van der Waals surface area contributed by atoms with E-state index in [1.807, 2.05) is 0 Å². The molecule has 2 aromatic rings. The van der Waals surface area contributed by atoms with Crippen LogP contribution >= 0.6 is 15.9 Å². The van der Waals surface area contributed by atoms with Crippen LogP contribution in [0.15, 0.2) is 16.9 Å². The molecule has 0 fully saturated rings. The topological polar surface area (TPSA) is 76.7 Å². The minimum absolute atomic E-state index is 0.0272. The first-order valence-corrected chi connectivity index (χ1v) is 4.74. The van der Waals surface area contributed by atoms with Gasteiger partial charge in [0, 0.05) is 0 Å². The summed E-state index contributed by atoms with van der Waals surface area (Å²) in [6, 6.07) is 0. The molecule has 0 saturated heterocycles. The van der Waals surface area contributed by atoms with E-state index in [9.17, 15) is 4.79 Å². The lowest BCUT2D eigenvalue weighted by Crippen LogP contribution is -2.05. The molecule has 0 aromatic carbocycles. The largest absolute Gasteiger partial charge is 0.480 e. The number of halogens is 1. The zero-order chi connectivity index (χ0) is 11.0. The molecule has 0 aliphatic carbocycles. The Morgan fingerprint density at radius 1 is 1.67 bits per heavy atom. The van der Waals surface area contributed by atoms with Crippen molar-refractivity contribution in [3.63, 3.8) is 0 Å². The van der Waals surface area contributed by atoms with Gasteiger partial charge in [0.1, 0.15) is 5.56 Å². The van der Waals surface area contributed by atoms with Crippen molar-refractivity contribution in [1.29, 1.82) is 0 Å². The smallest absolute Gasteiger partial charge is 0.342 e. The van der Waals surface area contributed by atoms with E-state index in [0.717, 1.165) is 0 Å². The molecule has 0 aliphatic rings. The van der Waals surface area contributed by atoms with E-state index in [1.54, 1.807) is 0 Å². The number of fused-ring (bicyclic) bond motifs is 1. The Kier molecular flexibility index (Phi) is 2.31. The average molecular weight is 272 g/mol. The molecular formula is C8H6BrN3O3. The summed E-state index contributed by atoms with van der Waals surface area (Å²) in [5.41, 5.74) is 0.484. The number of carboxylic acid groups (broad SMARTS) is 1. The van der Waals surface area contributed by atoms with Crippen LogP contribution in [-0.2, 0) is 0 Å². The van der Waals surface area contributed by atoms with Gasteiger partial charge in [-0.15, -0.1) is 0 Å². The molecule has 15 heavy (non-hydrogen) atoms. The van der Waals surface area contributed by atoms with Gasteiger partial charge < -0.3 is 9.84 Å². The highest BCUT2D eigenvalue weighted by Gasteiger charge is 2.15. The summed E-state index contributed by atoms with van der Waals surface area (Å²) in [7, 11) is 1.37. The first-order valence-electron chi connectivity index (χ1n) is 3.94. The lowest BCUT2D eigenvalue weighted by molar-refractivity contribution is 0.0691. The standard InChI is InChI=1S/C8H6BrN3O3/c1-15-7-4(8(13)14)3-12-6(11-7)5(9)2-10-12/h2-3H,1H3,(H,13,14). The first kappa shape index (κ1) is 9.91. The van der Waals surface area contributed by atoms with Gasteiger partial charge in [-0.3, -0.25) is 0 Å². The van der Waals surface area contributed by atoms with Crippen LogP contribution in [-0.4, -0.2) is 32.8 Å². The molecule has 78 valence electrons. The number of hydrogen-bond acceptors (Lipinski definition) is 4. The van der Waals surface area contributed by atoms with Crippen LogP contribution in [0.2, 0.25) is 0 Å². The second kappa shape index (κ2) is 3.50. The fourth-order valence-electron chi connectivity index (χ4n) is 1.17. The minimum atomic E-state index is -1.10. The van der Waals surface area contributed by atoms with Crippen LogP contribution in [0.25, 0.3) is 5.65 Å². The monoisotopic (exact) mass is 271 g/mol. The molecule has 2 aromatic heterocycles. The number of nitrogens with zero attached hydrogens (tertiary/aromatic N) is 3. The number of methoxy groups -OCH3 is 1. The highest BCUT2D eigenvalue weighted by atomic mass is 79.9. The second-order valence-electron chi connectivity index (χ2n) is 2.73.